The SMILES string of the molecule is CCOC(=O)CC1CCc2c(Cl)cccc21. The first-order valence-electron chi connectivity index (χ1n) is 5.65. The largest absolute Gasteiger partial charge is 0.466 e. The van der Waals surface area contributed by atoms with Crippen LogP contribution in [0.15, 0.2) is 18.2 Å². The van der Waals surface area contributed by atoms with Crippen LogP contribution in [0.1, 0.15) is 36.8 Å². The molecule has 86 valence electrons. The fraction of sp³-hybridized carbons (Fsp3) is 0.462. The summed E-state index contributed by atoms with van der Waals surface area (Å²) >= 11 is 6.12. The lowest BCUT2D eigenvalue weighted by atomic mass is 9.98. The molecule has 3 heteroatoms. The first-order chi connectivity index (χ1) is 7.72. The lowest BCUT2D eigenvalue weighted by molar-refractivity contribution is -0.143. The summed E-state index contributed by atoms with van der Waals surface area (Å²) in [5.41, 5.74) is 2.43. The van der Waals surface area contributed by atoms with Gasteiger partial charge in [0, 0.05) is 5.02 Å². The lowest BCUT2D eigenvalue weighted by Crippen LogP contribution is -2.08. The third-order valence-electron chi connectivity index (χ3n) is 3.06. The van der Waals surface area contributed by atoms with Crippen molar-refractivity contribution >= 4 is 17.6 Å². The molecule has 1 aromatic carbocycles. The third-order valence-corrected chi connectivity index (χ3v) is 3.41. The number of hydrogen-bond acceptors (Lipinski definition) is 2. The first kappa shape index (κ1) is 11.5. The predicted molar refractivity (Wildman–Crippen MR) is 63.8 cm³/mol. The number of hydrogen-bond donors (Lipinski definition) is 0. The number of benzene rings is 1. The van der Waals surface area contributed by atoms with Crippen LogP contribution >= 0.6 is 11.6 Å². The van der Waals surface area contributed by atoms with Gasteiger partial charge in [-0.15, -0.1) is 0 Å². The molecule has 1 atom stereocenters. The van der Waals surface area contributed by atoms with Gasteiger partial charge in [0.1, 0.15) is 0 Å². The summed E-state index contributed by atoms with van der Waals surface area (Å²) in [6.45, 7) is 2.28. The molecule has 16 heavy (non-hydrogen) atoms. The van der Waals surface area contributed by atoms with Gasteiger partial charge in [-0.05, 0) is 42.9 Å². The molecule has 0 saturated heterocycles. The van der Waals surface area contributed by atoms with E-state index in [0.29, 0.717) is 13.0 Å². The zero-order valence-corrected chi connectivity index (χ0v) is 10.1. The Morgan fingerprint density at radius 3 is 3.12 bits per heavy atom. The maximum atomic E-state index is 11.4. The zero-order chi connectivity index (χ0) is 11.5. The molecule has 0 radical (unpaired) electrons. The molecule has 0 N–H and O–H groups in total. The summed E-state index contributed by atoms with van der Waals surface area (Å²) in [4.78, 5) is 11.4. The highest BCUT2D eigenvalue weighted by Gasteiger charge is 2.26. The maximum Gasteiger partial charge on any atom is 0.306 e. The Morgan fingerprint density at radius 1 is 1.56 bits per heavy atom. The molecular weight excluding hydrogens is 224 g/mol. The Balaban J connectivity index is 2.12. The number of halogens is 1. The molecule has 1 aromatic rings. The Morgan fingerprint density at radius 2 is 2.38 bits per heavy atom. The van der Waals surface area contributed by atoms with Gasteiger partial charge in [-0.3, -0.25) is 4.79 Å². The van der Waals surface area contributed by atoms with Gasteiger partial charge in [0.25, 0.3) is 0 Å². The topological polar surface area (TPSA) is 26.3 Å². The fourth-order valence-electron chi connectivity index (χ4n) is 2.33. The molecule has 0 amide bonds. The minimum Gasteiger partial charge on any atom is -0.466 e. The van der Waals surface area contributed by atoms with Gasteiger partial charge in [-0.25, -0.2) is 0 Å². The fourth-order valence-corrected chi connectivity index (χ4v) is 2.61. The van der Waals surface area contributed by atoms with Gasteiger partial charge < -0.3 is 4.74 Å². The van der Waals surface area contributed by atoms with Gasteiger partial charge in [0.2, 0.25) is 0 Å². The molecule has 0 heterocycles. The highest BCUT2D eigenvalue weighted by molar-refractivity contribution is 6.31. The molecule has 0 saturated carbocycles. The van der Waals surface area contributed by atoms with Crippen LogP contribution < -0.4 is 0 Å². The number of carbonyl (C=O) groups excluding carboxylic acids is 1. The van der Waals surface area contributed by atoms with Crippen molar-refractivity contribution in [3.63, 3.8) is 0 Å². The molecule has 0 aliphatic heterocycles. The Kier molecular flexibility index (Phi) is 3.49. The van der Waals surface area contributed by atoms with Gasteiger partial charge in [0.15, 0.2) is 0 Å². The van der Waals surface area contributed by atoms with E-state index in [-0.39, 0.29) is 11.9 Å². The second-order valence-corrected chi connectivity index (χ2v) is 4.46. The molecule has 2 nitrogen and oxygen atoms in total. The zero-order valence-electron chi connectivity index (χ0n) is 9.33. The van der Waals surface area contributed by atoms with E-state index in [1.54, 1.807) is 0 Å². The normalized spacial score (nSPS) is 18.2. The van der Waals surface area contributed by atoms with Crippen molar-refractivity contribution in [2.45, 2.75) is 32.1 Å². The van der Waals surface area contributed by atoms with E-state index in [1.165, 1.54) is 11.1 Å². The molecule has 0 aromatic heterocycles. The van der Waals surface area contributed by atoms with Gasteiger partial charge in [-0.2, -0.15) is 0 Å². The van der Waals surface area contributed by atoms with E-state index in [2.05, 4.69) is 6.07 Å². The van der Waals surface area contributed by atoms with Crippen molar-refractivity contribution in [3.8, 4) is 0 Å². The van der Waals surface area contributed by atoms with Crippen LogP contribution in [0.5, 0.6) is 0 Å². The summed E-state index contributed by atoms with van der Waals surface area (Å²) in [7, 11) is 0. The number of ether oxygens (including phenoxy) is 1. The minimum absolute atomic E-state index is 0.111. The summed E-state index contributed by atoms with van der Waals surface area (Å²) in [5.74, 6) is 0.174. The molecule has 1 unspecified atom stereocenters. The van der Waals surface area contributed by atoms with E-state index in [1.807, 2.05) is 19.1 Å². The van der Waals surface area contributed by atoms with Gasteiger partial charge in [0.05, 0.1) is 13.0 Å². The highest BCUT2D eigenvalue weighted by atomic mass is 35.5. The van der Waals surface area contributed by atoms with Crippen molar-refractivity contribution < 1.29 is 9.53 Å². The molecule has 1 aliphatic carbocycles. The van der Waals surface area contributed by atoms with E-state index in [9.17, 15) is 4.79 Å². The van der Waals surface area contributed by atoms with Crippen molar-refractivity contribution in [2.24, 2.45) is 0 Å². The van der Waals surface area contributed by atoms with Crippen LogP contribution in [0.3, 0.4) is 0 Å². The summed E-state index contributed by atoms with van der Waals surface area (Å²) in [5, 5.41) is 0.823. The lowest BCUT2D eigenvalue weighted by Gasteiger charge is -2.10. The molecular formula is C13H15ClO2. The van der Waals surface area contributed by atoms with Crippen molar-refractivity contribution in [2.75, 3.05) is 6.61 Å². The van der Waals surface area contributed by atoms with E-state index >= 15 is 0 Å². The molecule has 0 spiro atoms. The first-order valence-corrected chi connectivity index (χ1v) is 6.03. The van der Waals surface area contributed by atoms with Crippen molar-refractivity contribution in [3.05, 3.63) is 34.3 Å². The molecule has 1 aliphatic rings. The third kappa shape index (κ3) is 2.22. The summed E-state index contributed by atoms with van der Waals surface area (Å²) in [6.07, 6.45) is 2.44. The standard InChI is InChI=1S/C13H15ClO2/c1-2-16-13(15)8-9-6-7-11-10(9)4-3-5-12(11)14/h3-5,9H,2,6-8H2,1H3. The Hall–Kier alpha value is -1.02. The van der Waals surface area contributed by atoms with E-state index in [0.717, 1.165) is 17.9 Å². The minimum atomic E-state index is -0.111. The number of rotatable bonds is 3. The summed E-state index contributed by atoms with van der Waals surface area (Å²) in [6, 6.07) is 5.93. The second-order valence-electron chi connectivity index (χ2n) is 4.05. The second kappa shape index (κ2) is 4.88. The highest BCUT2D eigenvalue weighted by Crippen LogP contribution is 2.38. The monoisotopic (exact) mass is 238 g/mol. The smallest absolute Gasteiger partial charge is 0.306 e. The van der Waals surface area contributed by atoms with Crippen LogP contribution in [0.25, 0.3) is 0 Å². The number of fused-ring (bicyclic) bond motifs is 1. The average Bonchev–Trinajstić information content (AvgIpc) is 2.64. The van der Waals surface area contributed by atoms with Crippen LogP contribution in [-0.4, -0.2) is 12.6 Å². The Bertz CT molecular complexity index is 401. The van der Waals surface area contributed by atoms with Gasteiger partial charge in [-0.1, -0.05) is 23.7 Å². The van der Waals surface area contributed by atoms with Crippen LogP contribution in [0.4, 0.5) is 0 Å². The predicted octanol–water partition coefficient (Wildman–Crippen LogP) is 3.32. The van der Waals surface area contributed by atoms with Crippen LogP contribution in [0, 0.1) is 0 Å². The van der Waals surface area contributed by atoms with Crippen LogP contribution in [0.2, 0.25) is 5.02 Å². The molecule has 0 fully saturated rings. The maximum absolute atomic E-state index is 11.4. The van der Waals surface area contributed by atoms with E-state index in [4.69, 9.17) is 16.3 Å². The van der Waals surface area contributed by atoms with Crippen molar-refractivity contribution in [1.82, 2.24) is 0 Å². The van der Waals surface area contributed by atoms with Crippen LogP contribution in [-0.2, 0) is 16.0 Å². The van der Waals surface area contributed by atoms with Crippen molar-refractivity contribution in [1.29, 1.82) is 0 Å². The quantitative estimate of drug-likeness (QED) is 0.755. The number of esters is 1. The number of carbonyl (C=O) groups is 1. The van der Waals surface area contributed by atoms with Gasteiger partial charge >= 0.3 is 5.97 Å². The molecule has 0 bridgehead atoms. The summed E-state index contributed by atoms with van der Waals surface area (Å²) < 4.78 is 4.98. The molecule has 2 rings (SSSR count). The Labute approximate surface area is 101 Å². The van der Waals surface area contributed by atoms with E-state index < -0.39 is 0 Å². The average molecular weight is 239 g/mol.